The lowest BCUT2D eigenvalue weighted by atomic mass is 9.98. The Balaban J connectivity index is 1.30. The van der Waals surface area contributed by atoms with E-state index in [9.17, 15) is 4.79 Å². The molecule has 0 radical (unpaired) electrons. The molecular formula is C23H31N5O3. The zero-order valence-electron chi connectivity index (χ0n) is 18.6. The Labute approximate surface area is 183 Å². The number of aryl methyl sites for hydroxylation is 3. The van der Waals surface area contributed by atoms with Gasteiger partial charge < -0.3 is 14.4 Å². The maximum absolute atomic E-state index is 13.3. The molecule has 0 N–H and O–H groups in total. The first-order valence-corrected chi connectivity index (χ1v) is 11.3. The molecule has 0 saturated carbocycles. The summed E-state index contributed by atoms with van der Waals surface area (Å²) in [4.78, 5) is 22.2. The van der Waals surface area contributed by atoms with Crippen molar-refractivity contribution in [3.8, 4) is 11.5 Å². The molecule has 2 atom stereocenters. The smallest absolute Gasteiger partial charge is 0.244 e. The molecule has 1 aromatic carbocycles. The summed E-state index contributed by atoms with van der Waals surface area (Å²) < 4.78 is 12.8. The lowest BCUT2D eigenvalue weighted by Gasteiger charge is -2.30. The van der Waals surface area contributed by atoms with Gasteiger partial charge in [0.1, 0.15) is 18.2 Å². The summed E-state index contributed by atoms with van der Waals surface area (Å²) in [7, 11) is 0. The van der Waals surface area contributed by atoms with E-state index in [2.05, 4.69) is 38.9 Å². The van der Waals surface area contributed by atoms with Crippen molar-refractivity contribution >= 4 is 5.91 Å². The van der Waals surface area contributed by atoms with E-state index in [1.807, 2.05) is 13.8 Å². The number of rotatable bonds is 4. The molecule has 166 valence electrons. The van der Waals surface area contributed by atoms with E-state index in [1.165, 1.54) is 24.0 Å². The summed E-state index contributed by atoms with van der Waals surface area (Å²) in [5.74, 6) is 3.87. The van der Waals surface area contributed by atoms with Gasteiger partial charge in [-0.2, -0.15) is 5.10 Å². The van der Waals surface area contributed by atoms with Gasteiger partial charge in [0.05, 0.1) is 0 Å². The molecule has 0 aliphatic carbocycles. The number of nitrogens with zero attached hydrogens (tertiary/aromatic N) is 5. The van der Waals surface area contributed by atoms with Crippen LogP contribution in [0.15, 0.2) is 12.1 Å². The predicted molar refractivity (Wildman–Crippen MR) is 115 cm³/mol. The molecule has 2 fully saturated rings. The number of hydrogen-bond donors (Lipinski definition) is 0. The van der Waals surface area contributed by atoms with Crippen LogP contribution < -0.4 is 9.47 Å². The molecule has 0 spiro atoms. The number of likely N-dealkylation sites (tertiary alicyclic amines) is 2. The summed E-state index contributed by atoms with van der Waals surface area (Å²) in [6, 6.07) is 4.46. The molecule has 3 aliphatic heterocycles. The van der Waals surface area contributed by atoms with E-state index in [1.54, 1.807) is 4.68 Å². The van der Waals surface area contributed by atoms with Gasteiger partial charge in [-0.15, -0.1) is 0 Å². The van der Waals surface area contributed by atoms with Gasteiger partial charge in [-0.05, 0) is 62.8 Å². The quantitative estimate of drug-likeness (QED) is 0.749. The van der Waals surface area contributed by atoms with Gasteiger partial charge in [0.25, 0.3) is 0 Å². The molecule has 1 aromatic heterocycles. The van der Waals surface area contributed by atoms with Crippen molar-refractivity contribution < 1.29 is 14.3 Å². The van der Waals surface area contributed by atoms with Crippen LogP contribution in [0.5, 0.6) is 11.5 Å². The summed E-state index contributed by atoms with van der Waals surface area (Å²) in [6.45, 7) is 10.1. The van der Waals surface area contributed by atoms with Crippen LogP contribution in [0.2, 0.25) is 0 Å². The maximum atomic E-state index is 13.3. The van der Waals surface area contributed by atoms with Crippen LogP contribution in [0.1, 0.15) is 42.0 Å². The number of fused-ring (bicyclic) bond motifs is 2. The number of aromatic nitrogens is 3. The number of carbonyl (C=O) groups is 1. The van der Waals surface area contributed by atoms with Crippen LogP contribution in [0.4, 0.5) is 0 Å². The molecule has 8 heteroatoms. The van der Waals surface area contributed by atoms with E-state index < -0.39 is 0 Å². The van der Waals surface area contributed by atoms with Crippen LogP contribution >= 0.6 is 0 Å². The van der Waals surface area contributed by atoms with Crippen LogP contribution in [-0.2, 0) is 17.9 Å². The molecule has 8 nitrogen and oxygen atoms in total. The second-order valence-electron chi connectivity index (χ2n) is 9.10. The van der Waals surface area contributed by atoms with Crippen LogP contribution in [0.3, 0.4) is 0 Å². The van der Waals surface area contributed by atoms with Gasteiger partial charge in [0.2, 0.25) is 12.7 Å². The molecule has 2 aromatic rings. The fraction of sp³-hybridized carbons (Fsp3) is 0.609. The standard InChI is InChI=1S/C23H31N5O3/c1-15-8-21-22(31-14-30-21)9-19(15)11-26-10-18-6-4-5-7-27(20(18)12-26)23(29)13-28-17(3)24-16(2)25-28/h8-9,18,20H,4-7,10-14H2,1-3H3/t18-,20+/m0/s1. The number of benzene rings is 1. The number of amides is 1. The first-order valence-electron chi connectivity index (χ1n) is 11.3. The summed E-state index contributed by atoms with van der Waals surface area (Å²) >= 11 is 0. The number of hydrogen-bond acceptors (Lipinski definition) is 6. The van der Waals surface area contributed by atoms with E-state index in [0.717, 1.165) is 49.9 Å². The molecule has 5 rings (SSSR count). The van der Waals surface area contributed by atoms with Crippen molar-refractivity contribution in [3.05, 3.63) is 34.9 Å². The molecule has 3 aliphatic rings. The Bertz CT molecular complexity index is 988. The lowest BCUT2D eigenvalue weighted by molar-refractivity contribution is -0.134. The summed E-state index contributed by atoms with van der Waals surface area (Å²) in [5, 5.41) is 4.39. The van der Waals surface area contributed by atoms with E-state index in [0.29, 0.717) is 18.5 Å². The maximum Gasteiger partial charge on any atom is 0.244 e. The predicted octanol–water partition coefficient (Wildman–Crippen LogP) is 2.45. The average Bonchev–Trinajstić information content (AvgIpc) is 3.38. The van der Waals surface area contributed by atoms with Crippen LogP contribution in [0, 0.1) is 26.7 Å². The molecule has 1 amide bonds. The Morgan fingerprint density at radius 2 is 1.94 bits per heavy atom. The molecule has 4 heterocycles. The Morgan fingerprint density at radius 3 is 2.71 bits per heavy atom. The Morgan fingerprint density at radius 1 is 1.13 bits per heavy atom. The van der Waals surface area contributed by atoms with Gasteiger partial charge in [-0.1, -0.05) is 6.42 Å². The van der Waals surface area contributed by atoms with E-state index in [4.69, 9.17) is 9.47 Å². The van der Waals surface area contributed by atoms with Crippen molar-refractivity contribution in [2.75, 3.05) is 26.4 Å². The number of ether oxygens (including phenoxy) is 2. The highest BCUT2D eigenvalue weighted by molar-refractivity contribution is 5.76. The third-order valence-electron chi connectivity index (χ3n) is 6.90. The summed E-state index contributed by atoms with van der Waals surface area (Å²) in [6.07, 6.45) is 3.45. The lowest BCUT2D eigenvalue weighted by Crippen LogP contribution is -2.45. The first kappa shape index (κ1) is 20.3. The molecule has 2 saturated heterocycles. The highest BCUT2D eigenvalue weighted by atomic mass is 16.7. The fourth-order valence-electron chi connectivity index (χ4n) is 5.30. The van der Waals surface area contributed by atoms with Gasteiger partial charge in [0, 0.05) is 32.2 Å². The largest absolute Gasteiger partial charge is 0.454 e. The second kappa shape index (κ2) is 8.15. The average molecular weight is 426 g/mol. The second-order valence-corrected chi connectivity index (χ2v) is 9.10. The fourth-order valence-corrected chi connectivity index (χ4v) is 5.30. The van der Waals surface area contributed by atoms with E-state index in [-0.39, 0.29) is 18.5 Å². The van der Waals surface area contributed by atoms with Crippen molar-refractivity contribution in [2.45, 2.75) is 59.2 Å². The third kappa shape index (κ3) is 4.01. The molecular weight excluding hydrogens is 394 g/mol. The third-order valence-corrected chi connectivity index (χ3v) is 6.90. The normalized spacial score (nSPS) is 23.1. The molecule has 0 unspecified atom stereocenters. The monoisotopic (exact) mass is 425 g/mol. The first-order chi connectivity index (χ1) is 15.0. The zero-order valence-corrected chi connectivity index (χ0v) is 18.6. The van der Waals surface area contributed by atoms with Gasteiger partial charge >= 0.3 is 0 Å². The minimum atomic E-state index is 0.158. The van der Waals surface area contributed by atoms with Crippen molar-refractivity contribution in [2.24, 2.45) is 5.92 Å². The molecule has 31 heavy (non-hydrogen) atoms. The number of carbonyl (C=O) groups excluding carboxylic acids is 1. The van der Waals surface area contributed by atoms with E-state index >= 15 is 0 Å². The van der Waals surface area contributed by atoms with Crippen LogP contribution in [0.25, 0.3) is 0 Å². The topological polar surface area (TPSA) is 72.7 Å². The minimum Gasteiger partial charge on any atom is -0.454 e. The van der Waals surface area contributed by atoms with Gasteiger partial charge in [0.15, 0.2) is 11.5 Å². The molecule has 0 bridgehead atoms. The van der Waals surface area contributed by atoms with Crippen LogP contribution in [-0.4, -0.2) is 62.9 Å². The highest BCUT2D eigenvalue weighted by Gasteiger charge is 2.39. The van der Waals surface area contributed by atoms with Gasteiger partial charge in [-0.3, -0.25) is 9.69 Å². The Kier molecular flexibility index (Phi) is 5.33. The Hall–Kier alpha value is -2.61. The van der Waals surface area contributed by atoms with Gasteiger partial charge in [-0.25, -0.2) is 9.67 Å². The summed E-state index contributed by atoms with van der Waals surface area (Å²) in [5.41, 5.74) is 2.49. The van der Waals surface area contributed by atoms with Crippen molar-refractivity contribution in [1.29, 1.82) is 0 Å². The highest BCUT2D eigenvalue weighted by Crippen LogP contribution is 2.36. The SMILES string of the molecule is Cc1nc(C)n(CC(=O)N2CCCC[C@H]3CN(Cc4cc5c(cc4C)OCO5)C[C@H]32)n1. The van der Waals surface area contributed by atoms with Crippen molar-refractivity contribution in [3.63, 3.8) is 0 Å². The van der Waals surface area contributed by atoms with Crippen molar-refractivity contribution in [1.82, 2.24) is 24.6 Å². The minimum absolute atomic E-state index is 0.158. The zero-order chi connectivity index (χ0) is 21.5.